The summed E-state index contributed by atoms with van der Waals surface area (Å²) in [7, 11) is 0. The van der Waals surface area contributed by atoms with E-state index in [1.54, 1.807) is 0 Å². The summed E-state index contributed by atoms with van der Waals surface area (Å²) < 4.78 is 17.8. The van der Waals surface area contributed by atoms with Crippen LogP contribution in [0.4, 0.5) is 9.18 Å². The molecule has 24 heavy (non-hydrogen) atoms. The van der Waals surface area contributed by atoms with Gasteiger partial charge < -0.3 is 14.7 Å². The highest BCUT2D eigenvalue weighted by Gasteiger charge is 2.49. The van der Waals surface area contributed by atoms with Crippen LogP contribution < -0.4 is 0 Å². The van der Waals surface area contributed by atoms with Crippen molar-refractivity contribution in [2.24, 2.45) is 0 Å². The number of unbranched alkanes of at least 4 members (excludes halogenated alkanes) is 1. The predicted molar refractivity (Wildman–Crippen MR) is 89.3 cm³/mol. The molecule has 2 atom stereocenters. The summed E-state index contributed by atoms with van der Waals surface area (Å²) in [5, 5.41) is 10.8. The van der Waals surface area contributed by atoms with Crippen molar-refractivity contribution in [2.45, 2.75) is 69.2 Å². The van der Waals surface area contributed by atoms with Crippen molar-refractivity contribution in [3.63, 3.8) is 0 Å². The molecule has 132 valence electrons. The van der Waals surface area contributed by atoms with E-state index in [4.69, 9.17) is 4.74 Å². The summed E-state index contributed by atoms with van der Waals surface area (Å²) in [5.74, 6) is 0. The molecule has 2 aliphatic heterocycles. The molecule has 2 unspecified atom stereocenters. The highest BCUT2D eigenvalue weighted by Crippen LogP contribution is 2.43. The third-order valence-corrected chi connectivity index (χ3v) is 5.29. The van der Waals surface area contributed by atoms with Gasteiger partial charge in [-0.05, 0) is 50.5 Å². The second-order valence-corrected chi connectivity index (χ2v) is 7.11. The predicted octanol–water partition coefficient (Wildman–Crippen LogP) is 3.82. The average molecular weight is 335 g/mol. The van der Waals surface area contributed by atoms with Gasteiger partial charge in [-0.2, -0.15) is 0 Å². The standard InChI is InChI=1S/C19H26FNO3/c20-11-5-4-10-19(23)12-16-8-9-17(13-19)21(16)18(22)24-14-15-6-2-1-3-7-15/h1-3,6-7,16-17,23H,4-5,8-14H2. The fourth-order valence-corrected chi connectivity index (χ4v) is 4.17. The van der Waals surface area contributed by atoms with E-state index in [9.17, 15) is 14.3 Å². The number of rotatable bonds is 6. The Kier molecular flexibility index (Phi) is 5.39. The van der Waals surface area contributed by atoms with Gasteiger partial charge in [0.15, 0.2) is 0 Å². The third-order valence-electron chi connectivity index (χ3n) is 5.29. The van der Waals surface area contributed by atoms with Gasteiger partial charge in [-0.3, -0.25) is 4.39 Å². The van der Waals surface area contributed by atoms with Crippen molar-refractivity contribution in [3.05, 3.63) is 35.9 Å². The Balaban J connectivity index is 1.55. The SMILES string of the molecule is O=C(OCc1ccccc1)N1C2CCC1CC(O)(CCCCF)C2. The van der Waals surface area contributed by atoms with Crippen molar-refractivity contribution >= 4 is 6.09 Å². The van der Waals surface area contributed by atoms with E-state index in [1.165, 1.54) is 0 Å². The summed E-state index contributed by atoms with van der Waals surface area (Å²) in [6, 6.07) is 9.73. The van der Waals surface area contributed by atoms with E-state index in [0.29, 0.717) is 32.1 Å². The summed E-state index contributed by atoms with van der Waals surface area (Å²) >= 11 is 0. The first-order chi connectivity index (χ1) is 11.6. The van der Waals surface area contributed by atoms with Gasteiger partial charge in [0.25, 0.3) is 0 Å². The molecule has 2 fully saturated rings. The van der Waals surface area contributed by atoms with Crippen LogP contribution in [-0.4, -0.2) is 40.5 Å². The first-order valence-corrected chi connectivity index (χ1v) is 8.89. The van der Waals surface area contributed by atoms with E-state index in [2.05, 4.69) is 0 Å². The molecule has 2 bridgehead atoms. The van der Waals surface area contributed by atoms with Gasteiger partial charge in [-0.25, -0.2) is 4.79 Å². The minimum Gasteiger partial charge on any atom is -0.445 e. The Hall–Kier alpha value is -1.62. The summed E-state index contributed by atoms with van der Waals surface area (Å²) in [6.07, 6.45) is 4.53. The minimum absolute atomic E-state index is 0.0439. The second kappa shape index (κ2) is 7.51. The van der Waals surface area contributed by atoms with Crippen LogP contribution in [0.5, 0.6) is 0 Å². The molecular weight excluding hydrogens is 309 g/mol. The molecule has 5 heteroatoms. The molecule has 0 radical (unpaired) electrons. The number of hydrogen-bond acceptors (Lipinski definition) is 3. The number of fused-ring (bicyclic) bond motifs is 2. The molecule has 1 aromatic carbocycles. The van der Waals surface area contributed by atoms with Crippen LogP contribution in [0.2, 0.25) is 0 Å². The van der Waals surface area contributed by atoms with Crippen LogP contribution >= 0.6 is 0 Å². The first kappa shape index (κ1) is 17.2. The number of alkyl halides is 1. The molecule has 2 heterocycles. The zero-order valence-electron chi connectivity index (χ0n) is 14.0. The molecule has 1 N–H and O–H groups in total. The monoisotopic (exact) mass is 335 g/mol. The zero-order valence-corrected chi connectivity index (χ0v) is 14.0. The molecule has 2 saturated heterocycles. The molecule has 0 aromatic heterocycles. The van der Waals surface area contributed by atoms with E-state index in [1.807, 2.05) is 35.2 Å². The topological polar surface area (TPSA) is 49.8 Å². The van der Waals surface area contributed by atoms with Gasteiger partial charge in [0.2, 0.25) is 0 Å². The second-order valence-electron chi connectivity index (χ2n) is 7.11. The van der Waals surface area contributed by atoms with Crippen LogP contribution in [-0.2, 0) is 11.3 Å². The van der Waals surface area contributed by atoms with Crippen LogP contribution in [0, 0.1) is 0 Å². The summed E-state index contributed by atoms with van der Waals surface area (Å²) in [6.45, 7) is -0.0583. The number of amides is 1. The number of halogens is 1. The number of carbonyl (C=O) groups is 1. The van der Waals surface area contributed by atoms with Crippen molar-refractivity contribution in [3.8, 4) is 0 Å². The number of nitrogens with zero attached hydrogens (tertiary/aromatic N) is 1. The Bertz CT molecular complexity index is 537. The first-order valence-electron chi connectivity index (χ1n) is 8.89. The quantitative estimate of drug-likeness (QED) is 0.804. The maximum atomic E-state index is 12.5. The molecule has 0 aliphatic carbocycles. The lowest BCUT2D eigenvalue weighted by Gasteiger charge is -2.43. The number of benzene rings is 1. The number of piperidine rings is 1. The maximum Gasteiger partial charge on any atom is 0.410 e. The van der Waals surface area contributed by atoms with Gasteiger partial charge in [0.1, 0.15) is 6.61 Å². The van der Waals surface area contributed by atoms with Crippen LogP contribution in [0.1, 0.15) is 50.5 Å². The molecule has 0 saturated carbocycles. The molecule has 3 rings (SSSR count). The van der Waals surface area contributed by atoms with E-state index in [-0.39, 0.29) is 31.5 Å². The molecular formula is C19H26FNO3. The smallest absolute Gasteiger partial charge is 0.410 e. The van der Waals surface area contributed by atoms with Crippen molar-refractivity contribution in [1.29, 1.82) is 0 Å². The summed E-state index contributed by atoms with van der Waals surface area (Å²) in [4.78, 5) is 14.3. The van der Waals surface area contributed by atoms with E-state index < -0.39 is 5.60 Å². The highest BCUT2D eigenvalue weighted by atomic mass is 19.1. The molecule has 1 amide bonds. The number of aliphatic hydroxyl groups is 1. The van der Waals surface area contributed by atoms with Gasteiger partial charge in [0, 0.05) is 12.1 Å². The normalized spacial score (nSPS) is 28.8. The van der Waals surface area contributed by atoms with Crippen LogP contribution in [0.3, 0.4) is 0 Å². The highest BCUT2D eigenvalue weighted by molar-refractivity contribution is 5.69. The lowest BCUT2D eigenvalue weighted by Crippen LogP contribution is -2.53. The van der Waals surface area contributed by atoms with Gasteiger partial charge in [-0.15, -0.1) is 0 Å². The lowest BCUT2D eigenvalue weighted by molar-refractivity contribution is -0.0554. The van der Waals surface area contributed by atoms with Gasteiger partial charge >= 0.3 is 6.09 Å². The Labute approximate surface area is 142 Å². The van der Waals surface area contributed by atoms with Crippen molar-refractivity contribution in [1.82, 2.24) is 4.90 Å². The van der Waals surface area contributed by atoms with Crippen molar-refractivity contribution in [2.75, 3.05) is 6.67 Å². The van der Waals surface area contributed by atoms with Crippen LogP contribution in [0.25, 0.3) is 0 Å². The molecule has 2 aliphatic rings. The average Bonchev–Trinajstić information content (AvgIpc) is 2.86. The van der Waals surface area contributed by atoms with E-state index >= 15 is 0 Å². The molecule has 1 aromatic rings. The van der Waals surface area contributed by atoms with Crippen LogP contribution in [0.15, 0.2) is 30.3 Å². The van der Waals surface area contributed by atoms with E-state index in [0.717, 1.165) is 18.4 Å². The largest absolute Gasteiger partial charge is 0.445 e. The Morgan fingerprint density at radius 1 is 1.21 bits per heavy atom. The Morgan fingerprint density at radius 2 is 1.88 bits per heavy atom. The number of carbonyl (C=O) groups excluding carboxylic acids is 1. The number of ether oxygens (including phenoxy) is 1. The van der Waals surface area contributed by atoms with Gasteiger partial charge in [-0.1, -0.05) is 30.3 Å². The zero-order chi connectivity index (χ0) is 17.0. The maximum absolute atomic E-state index is 12.5. The minimum atomic E-state index is -0.753. The van der Waals surface area contributed by atoms with Crippen molar-refractivity contribution < 1.29 is 19.0 Å². The Morgan fingerprint density at radius 3 is 2.50 bits per heavy atom. The van der Waals surface area contributed by atoms with Gasteiger partial charge in [0.05, 0.1) is 12.3 Å². The lowest BCUT2D eigenvalue weighted by atomic mass is 9.82. The fraction of sp³-hybridized carbons (Fsp3) is 0.632. The number of hydrogen-bond donors (Lipinski definition) is 1. The summed E-state index contributed by atoms with van der Waals surface area (Å²) in [5.41, 5.74) is 0.218. The third kappa shape index (κ3) is 3.89. The molecule has 0 spiro atoms. The fourth-order valence-electron chi connectivity index (χ4n) is 4.17. The molecule has 4 nitrogen and oxygen atoms in total.